The lowest BCUT2D eigenvalue weighted by Crippen LogP contribution is -2.26. The number of fused-ring (bicyclic) bond motifs is 6. The van der Waals surface area contributed by atoms with Crippen LogP contribution in [0.2, 0.25) is 0 Å². The van der Waals surface area contributed by atoms with Crippen molar-refractivity contribution in [3.8, 4) is 34.0 Å². The number of anilines is 1. The van der Waals surface area contributed by atoms with Crippen molar-refractivity contribution in [3.63, 3.8) is 0 Å². The number of hydrogen-bond acceptors (Lipinski definition) is 7. The molecule has 2 aromatic carbocycles. The summed E-state index contributed by atoms with van der Waals surface area (Å²) < 4.78 is 63.1. The smallest absolute Gasteiger partial charge is 0.255 e. The van der Waals surface area contributed by atoms with Crippen molar-refractivity contribution in [1.82, 2.24) is 19.9 Å². The number of carbonyl (C=O) groups is 1. The van der Waals surface area contributed by atoms with Crippen molar-refractivity contribution >= 4 is 43.8 Å². The lowest BCUT2D eigenvalue weighted by Gasteiger charge is -2.19. The molecular weight excluding hydrogens is 616 g/mol. The van der Waals surface area contributed by atoms with Crippen molar-refractivity contribution in [2.45, 2.75) is 19.1 Å². The number of halogens is 2. The first kappa shape index (κ1) is 29.6. The number of carbonyl (C=O) groups excluding carboxylic acids is 1. The second kappa shape index (κ2) is 10.7. The summed E-state index contributed by atoms with van der Waals surface area (Å²) in [5.41, 5.74) is 3.53. The van der Waals surface area contributed by atoms with Gasteiger partial charge in [0, 0.05) is 43.6 Å². The summed E-state index contributed by atoms with van der Waals surface area (Å²) in [6, 6.07) is 16.9. The number of aromatic nitrogens is 3. The molecule has 0 saturated carbocycles. The Morgan fingerprint density at radius 3 is 2.54 bits per heavy atom. The standard InChI is InChI=1S/C33H27F2N5O5S/c1-36-32(42)28-23-14-22(31(39(2)46(3,43)44)38-33(23)45-30(28)17-7-10-19(34)11-8-17)25-12-9-18-13-20(41)16-40-26-6-4-5-24(35)21(26)15-27(40)29(18)37-25/h4-12,14-15,20,41H,13,16H2,1-3H3,(H,36,42). The predicted octanol–water partition coefficient (Wildman–Crippen LogP) is 5.13. The van der Waals surface area contributed by atoms with Crippen LogP contribution in [0.3, 0.4) is 0 Å². The molecule has 10 nitrogen and oxygen atoms in total. The maximum Gasteiger partial charge on any atom is 0.255 e. The Morgan fingerprint density at radius 1 is 1.07 bits per heavy atom. The molecule has 1 aliphatic rings. The fourth-order valence-corrected chi connectivity index (χ4v) is 6.40. The van der Waals surface area contributed by atoms with Crippen LogP contribution in [-0.2, 0) is 23.0 Å². The number of nitrogens with one attached hydrogen (secondary N) is 1. The molecule has 2 N–H and O–H groups in total. The van der Waals surface area contributed by atoms with E-state index < -0.39 is 33.7 Å². The van der Waals surface area contributed by atoms with Crippen LogP contribution in [-0.4, -0.2) is 60.4 Å². The van der Waals surface area contributed by atoms with Gasteiger partial charge in [-0.05, 0) is 60.2 Å². The summed E-state index contributed by atoms with van der Waals surface area (Å²) in [5, 5.41) is 14.1. The highest BCUT2D eigenvalue weighted by molar-refractivity contribution is 7.92. The summed E-state index contributed by atoms with van der Waals surface area (Å²) in [7, 11) is -1.03. The fourth-order valence-electron chi connectivity index (χ4n) is 5.95. The van der Waals surface area contributed by atoms with Crippen LogP contribution in [0.4, 0.5) is 14.6 Å². The molecule has 6 aromatic rings. The number of rotatable bonds is 5. The fraction of sp³-hybridized carbons (Fsp3) is 0.182. The predicted molar refractivity (Wildman–Crippen MR) is 170 cm³/mol. The monoisotopic (exact) mass is 643 g/mol. The number of amides is 1. The molecule has 13 heteroatoms. The molecular formula is C33H27F2N5O5S. The third-order valence-electron chi connectivity index (χ3n) is 8.26. The zero-order chi connectivity index (χ0) is 32.5. The second-order valence-electron chi connectivity index (χ2n) is 11.2. The molecule has 1 unspecified atom stereocenters. The van der Waals surface area contributed by atoms with Crippen molar-refractivity contribution in [2.75, 3.05) is 24.7 Å². The van der Waals surface area contributed by atoms with E-state index in [2.05, 4.69) is 10.3 Å². The molecule has 0 bridgehead atoms. The number of aliphatic hydroxyl groups excluding tert-OH is 1. The summed E-state index contributed by atoms with van der Waals surface area (Å²) in [6.07, 6.45) is 0.559. The molecule has 0 aliphatic carbocycles. The van der Waals surface area contributed by atoms with E-state index in [1.807, 2.05) is 4.57 Å². The van der Waals surface area contributed by atoms with E-state index in [1.54, 1.807) is 36.4 Å². The molecule has 234 valence electrons. The van der Waals surface area contributed by atoms with Crippen molar-refractivity contribution < 1.29 is 31.5 Å². The highest BCUT2D eigenvalue weighted by Gasteiger charge is 2.29. The second-order valence-corrected chi connectivity index (χ2v) is 13.2. The summed E-state index contributed by atoms with van der Waals surface area (Å²) in [6.45, 7) is 0.222. The quantitative estimate of drug-likeness (QED) is 0.266. The van der Waals surface area contributed by atoms with Crippen LogP contribution in [0.25, 0.3) is 56.0 Å². The van der Waals surface area contributed by atoms with E-state index >= 15 is 0 Å². The van der Waals surface area contributed by atoms with Crippen LogP contribution in [0.5, 0.6) is 0 Å². The first-order chi connectivity index (χ1) is 21.9. The number of aliphatic hydroxyl groups is 1. The average molecular weight is 644 g/mol. The molecule has 4 aromatic heterocycles. The van der Waals surface area contributed by atoms with E-state index in [9.17, 15) is 27.1 Å². The lowest BCUT2D eigenvalue weighted by molar-refractivity contribution is 0.0964. The minimum absolute atomic E-state index is 0.00874. The first-order valence-electron chi connectivity index (χ1n) is 14.3. The largest absolute Gasteiger partial charge is 0.437 e. The van der Waals surface area contributed by atoms with Gasteiger partial charge in [-0.25, -0.2) is 22.2 Å². The van der Waals surface area contributed by atoms with Gasteiger partial charge in [-0.1, -0.05) is 12.1 Å². The number of pyridine rings is 2. The van der Waals surface area contributed by atoms with Crippen molar-refractivity contribution in [3.05, 3.63) is 89.5 Å². The van der Waals surface area contributed by atoms with Gasteiger partial charge in [0.2, 0.25) is 15.7 Å². The summed E-state index contributed by atoms with van der Waals surface area (Å²) >= 11 is 0. The van der Waals surface area contributed by atoms with Crippen LogP contribution >= 0.6 is 0 Å². The zero-order valence-corrected chi connectivity index (χ0v) is 25.7. The Morgan fingerprint density at radius 2 is 1.83 bits per heavy atom. The maximum absolute atomic E-state index is 14.8. The van der Waals surface area contributed by atoms with Crippen LogP contribution < -0.4 is 9.62 Å². The minimum atomic E-state index is -3.84. The Bertz CT molecular complexity index is 2320. The van der Waals surface area contributed by atoms with Gasteiger partial charge in [-0.3, -0.25) is 9.10 Å². The van der Waals surface area contributed by atoms with Crippen LogP contribution in [0.1, 0.15) is 15.9 Å². The van der Waals surface area contributed by atoms with E-state index in [0.717, 1.165) is 16.1 Å². The van der Waals surface area contributed by atoms with E-state index in [0.29, 0.717) is 33.5 Å². The highest BCUT2D eigenvalue weighted by atomic mass is 32.2. The molecule has 7 rings (SSSR count). The molecule has 0 radical (unpaired) electrons. The Kier molecular flexibility index (Phi) is 6.90. The number of sulfonamides is 1. The number of nitrogens with zero attached hydrogens (tertiary/aromatic N) is 4. The third kappa shape index (κ3) is 4.79. The zero-order valence-electron chi connectivity index (χ0n) is 24.9. The topological polar surface area (TPSA) is 131 Å². The van der Waals surface area contributed by atoms with Crippen molar-refractivity contribution in [2.24, 2.45) is 0 Å². The molecule has 46 heavy (non-hydrogen) atoms. The normalized spacial score (nSPS) is 14.6. The molecule has 0 spiro atoms. The Balaban J connectivity index is 1.51. The average Bonchev–Trinajstić information content (AvgIpc) is 3.54. The van der Waals surface area contributed by atoms with Gasteiger partial charge in [0.05, 0.1) is 45.9 Å². The van der Waals surface area contributed by atoms with Crippen LogP contribution in [0.15, 0.2) is 71.1 Å². The van der Waals surface area contributed by atoms with Gasteiger partial charge in [0.15, 0.2) is 5.82 Å². The molecule has 1 atom stereocenters. The maximum atomic E-state index is 14.8. The van der Waals surface area contributed by atoms with Gasteiger partial charge in [0.1, 0.15) is 17.4 Å². The SMILES string of the molecule is CNC(=O)c1c(-c2ccc(F)cc2)oc2nc(N(C)S(C)(=O)=O)c(-c3ccc4c(n3)-c3cc5c(F)cccc5n3CC(O)C4)cc12. The van der Waals surface area contributed by atoms with Gasteiger partial charge < -0.3 is 19.4 Å². The molecule has 5 heterocycles. The molecule has 0 fully saturated rings. The summed E-state index contributed by atoms with van der Waals surface area (Å²) in [4.78, 5) is 22.8. The number of hydrogen-bond donors (Lipinski definition) is 2. The van der Waals surface area contributed by atoms with Gasteiger partial charge in [0.25, 0.3) is 5.91 Å². The van der Waals surface area contributed by atoms with E-state index in [-0.39, 0.29) is 46.8 Å². The molecule has 1 amide bonds. The van der Waals surface area contributed by atoms with Gasteiger partial charge in [-0.2, -0.15) is 4.98 Å². The minimum Gasteiger partial charge on any atom is -0.437 e. The molecule has 0 saturated heterocycles. The van der Waals surface area contributed by atoms with Gasteiger partial charge in [-0.15, -0.1) is 0 Å². The summed E-state index contributed by atoms with van der Waals surface area (Å²) in [5.74, 6) is -1.25. The first-order valence-corrected chi connectivity index (χ1v) is 16.2. The van der Waals surface area contributed by atoms with E-state index in [4.69, 9.17) is 9.40 Å². The van der Waals surface area contributed by atoms with Gasteiger partial charge >= 0.3 is 0 Å². The third-order valence-corrected chi connectivity index (χ3v) is 9.43. The Labute approximate surface area is 262 Å². The molecule has 1 aliphatic heterocycles. The van der Waals surface area contributed by atoms with E-state index in [1.165, 1.54) is 44.4 Å². The number of furan rings is 1. The number of benzene rings is 2. The lowest BCUT2D eigenvalue weighted by atomic mass is 10.0. The highest BCUT2D eigenvalue weighted by Crippen LogP contribution is 2.41. The van der Waals surface area contributed by atoms with Crippen LogP contribution in [0, 0.1) is 11.6 Å². The Hall–Kier alpha value is -5.14. The van der Waals surface area contributed by atoms with Crippen molar-refractivity contribution in [1.29, 1.82) is 0 Å².